The van der Waals surface area contributed by atoms with Crippen LogP contribution in [0.5, 0.6) is 0 Å². The number of carbonyl (C=O) groups is 3. The molecule has 3 nitrogen and oxygen atoms in total. The summed E-state index contributed by atoms with van der Waals surface area (Å²) < 4.78 is 0. The molecule has 0 N–H and O–H groups in total. The zero-order valence-corrected chi connectivity index (χ0v) is 24.4. The molecule has 2 saturated carbocycles. The van der Waals surface area contributed by atoms with Gasteiger partial charge in [-0.2, -0.15) is 0 Å². The van der Waals surface area contributed by atoms with E-state index in [1.54, 1.807) is 0 Å². The SMILES string of the molecule is Cc1ccc(CC2C[C@@H](C)C(C(=O)c3cc4c(cc3C)C(C)C=C4C(=O)C(=O)C3CCCCC3)CC2C)cc1. The molecule has 0 aliphatic heterocycles. The Morgan fingerprint density at radius 2 is 1.54 bits per heavy atom. The van der Waals surface area contributed by atoms with Gasteiger partial charge in [0.05, 0.1) is 0 Å². The van der Waals surface area contributed by atoms with Gasteiger partial charge in [0, 0.05) is 28.9 Å². The molecule has 3 heteroatoms. The van der Waals surface area contributed by atoms with Crippen LogP contribution < -0.4 is 0 Å². The smallest absolute Gasteiger partial charge is 0.229 e. The fourth-order valence-electron chi connectivity index (χ4n) is 7.49. The molecular weight excluding hydrogens is 480 g/mol. The molecule has 0 radical (unpaired) electrons. The quantitative estimate of drug-likeness (QED) is 0.271. The highest BCUT2D eigenvalue weighted by Gasteiger charge is 2.39. The number of carbonyl (C=O) groups excluding carboxylic acids is 3. The third kappa shape index (κ3) is 5.60. The monoisotopic (exact) mass is 524 g/mol. The Bertz CT molecular complexity index is 1290. The summed E-state index contributed by atoms with van der Waals surface area (Å²) >= 11 is 0. The average molecular weight is 525 g/mol. The van der Waals surface area contributed by atoms with Gasteiger partial charge in [-0.15, -0.1) is 0 Å². The molecule has 2 fully saturated rings. The molecule has 5 atom stereocenters. The molecule has 0 bridgehead atoms. The van der Waals surface area contributed by atoms with Gasteiger partial charge < -0.3 is 0 Å². The summed E-state index contributed by atoms with van der Waals surface area (Å²) in [7, 11) is 0. The van der Waals surface area contributed by atoms with Crippen molar-refractivity contribution in [1.82, 2.24) is 0 Å². The summed E-state index contributed by atoms with van der Waals surface area (Å²) in [6.45, 7) is 10.8. The number of Topliss-reactive ketones (excluding diaryl/α,β-unsaturated/α-hetero) is 3. The minimum Gasteiger partial charge on any atom is -0.294 e. The zero-order chi connectivity index (χ0) is 27.8. The van der Waals surface area contributed by atoms with E-state index in [1.165, 1.54) is 11.1 Å². The Kier molecular flexibility index (Phi) is 8.08. The highest BCUT2D eigenvalue weighted by atomic mass is 16.2. The van der Waals surface area contributed by atoms with E-state index in [1.807, 2.05) is 19.1 Å². The topological polar surface area (TPSA) is 51.2 Å². The lowest BCUT2D eigenvalue weighted by atomic mass is 9.65. The van der Waals surface area contributed by atoms with Gasteiger partial charge in [-0.25, -0.2) is 0 Å². The van der Waals surface area contributed by atoms with Crippen molar-refractivity contribution in [2.24, 2.45) is 29.6 Å². The van der Waals surface area contributed by atoms with Gasteiger partial charge in [-0.05, 0) is 92.0 Å². The maximum absolute atomic E-state index is 14.0. The number of fused-ring (bicyclic) bond motifs is 1. The molecule has 2 aromatic carbocycles. The van der Waals surface area contributed by atoms with Crippen LogP contribution in [0.1, 0.15) is 110 Å². The van der Waals surface area contributed by atoms with Gasteiger partial charge in [0.2, 0.25) is 11.6 Å². The van der Waals surface area contributed by atoms with E-state index in [4.69, 9.17) is 0 Å². The molecule has 0 aromatic heterocycles. The van der Waals surface area contributed by atoms with E-state index in [0.29, 0.717) is 23.3 Å². The van der Waals surface area contributed by atoms with Crippen LogP contribution in [0, 0.1) is 43.4 Å². The Balaban J connectivity index is 1.35. The number of benzene rings is 2. The molecule has 2 aromatic rings. The van der Waals surface area contributed by atoms with E-state index in [-0.39, 0.29) is 35.1 Å². The minimum absolute atomic E-state index is 0.0168. The Morgan fingerprint density at radius 1 is 0.846 bits per heavy atom. The maximum atomic E-state index is 14.0. The lowest BCUT2D eigenvalue weighted by molar-refractivity contribution is -0.136. The molecule has 3 aliphatic carbocycles. The first-order valence-corrected chi connectivity index (χ1v) is 15.2. The second-order valence-electron chi connectivity index (χ2n) is 13.0. The Hall–Kier alpha value is -2.81. The first-order chi connectivity index (χ1) is 18.6. The summed E-state index contributed by atoms with van der Waals surface area (Å²) in [5.41, 5.74) is 6.76. The molecule has 0 heterocycles. The van der Waals surface area contributed by atoms with E-state index in [0.717, 1.165) is 73.6 Å². The number of allylic oxidation sites excluding steroid dienone is 2. The second-order valence-corrected chi connectivity index (χ2v) is 13.0. The number of aryl methyl sites for hydroxylation is 2. The van der Waals surface area contributed by atoms with E-state index in [9.17, 15) is 14.4 Å². The highest BCUT2D eigenvalue weighted by Crippen LogP contribution is 2.43. The molecular formula is C36H44O3. The van der Waals surface area contributed by atoms with Crippen molar-refractivity contribution in [3.63, 3.8) is 0 Å². The van der Waals surface area contributed by atoms with Crippen molar-refractivity contribution in [3.05, 3.63) is 75.9 Å². The highest BCUT2D eigenvalue weighted by molar-refractivity contribution is 6.55. The Morgan fingerprint density at radius 3 is 2.23 bits per heavy atom. The molecule has 0 saturated heterocycles. The number of hydrogen-bond donors (Lipinski definition) is 0. The molecule has 0 spiro atoms. The standard InChI is InChI=1S/C36H44O3/c1-21-11-13-26(14-12-21)19-28-15-23(3)30(16-22(28)2)35(38)31-20-32-29(17-25(31)5)24(4)18-33(32)36(39)34(37)27-9-7-6-8-10-27/h11-14,17-18,20,22-24,27-28,30H,6-10,15-16,19H2,1-5H3/t22?,23-,24?,28?,30?/m1/s1. The molecule has 206 valence electrons. The fourth-order valence-corrected chi connectivity index (χ4v) is 7.49. The number of ketones is 3. The van der Waals surface area contributed by atoms with Crippen molar-refractivity contribution in [2.45, 2.75) is 91.9 Å². The largest absolute Gasteiger partial charge is 0.294 e. The van der Waals surface area contributed by atoms with Crippen LogP contribution in [0.25, 0.3) is 5.57 Å². The van der Waals surface area contributed by atoms with Crippen LogP contribution in [-0.2, 0) is 16.0 Å². The van der Waals surface area contributed by atoms with E-state index in [2.05, 4.69) is 58.0 Å². The lowest BCUT2D eigenvalue weighted by Crippen LogP contribution is -2.35. The van der Waals surface area contributed by atoms with Crippen LogP contribution in [0.3, 0.4) is 0 Å². The van der Waals surface area contributed by atoms with Crippen LogP contribution in [0.2, 0.25) is 0 Å². The molecule has 4 unspecified atom stereocenters. The molecule has 5 rings (SSSR count). The van der Waals surface area contributed by atoms with Crippen molar-refractivity contribution < 1.29 is 14.4 Å². The first kappa shape index (κ1) is 27.7. The predicted molar refractivity (Wildman–Crippen MR) is 158 cm³/mol. The fraction of sp³-hybridized carbons (Fsp3) is 0.528. The van der Waals surface area contributed by atoms with Gasteiger partial charge in [0.1, 0.15) is 0 Å². The normalized spacial score (nSPS) is 27.1. The number of rotatable bonds is 7. The second kappa shape index (κ2) is 11.4. The first-order valence-electron chi connectivity index (χ1n) is 15.2. The van der Waals surface area contributed by atoms with Crippen molar-refractivity contribution in [1.29, 1.82) is 0 Å². The summed E-state index contributed by atoms with van der Waals surface area (Å²) in [6, 6.07) is 12.9. The zero-order valence-electron chi connectivity index (χ0n) is 24.4. The minimum atomic E-state index is -0.353. The van der Waals surface area contributed by atoms with Crippen LogP contribution >= 0.6 is 0 Å². The lowest BCUT2D eigenvalue weighted by Gasteiger charge is -2.38. The van der Waals surface area contributed by atoms with Gasteiger partial charge >= 0.3 is 0 Å². The predicted octanol–water partition coefficient (Wildman–Crippen LogP) is 8.25. The molecule has 39 heavy (non-hydrogen) atoms. The third-order valence-corrected chi connectivity index (χ3v) is 10.1. The van der Waals surface area contributed by atoms with E-state index >= 15 is 0 Å². The van der Waals surface area contributed by atoms with Crippen LogP contribution in [0.4, 0.5) is 0 Å². The summed E-state index contributed by atoms with van der Waals surface area (Å²) in [4.78, 5) is 40.6. The summed E-state index contributed by atoms with van der Waals surface area (Å²) in [5, 5.41) is 0. The van der Waals surface area contributed by atoms with Crippen molar-refractivity contribution in [2.75, 3.05) is 0 Å². The average Bonchev–Trinajstić information content (AvgIpc) is 3.25. The summed E-state index contributed by atoms with van der Waals surface area (Å²) in [5.74, 6) is 0.873. The van der Waals surface area contributed by atoms with Crippen molar-refractivity contribution >= 4 is 22.9 Å². The van der Waals surface area contributed by atoms with Gasteiger partial charge in [-0.1, -0.05) is 82.0 Å². The van der Waals surface area contributed by atoms with E-state index < -0.39 is 0 Å². The van der Waals surface area contributed by atoms with Crippen LogP contribution in [0.15, 0.2) is 42.5 Å². The summed E-state index contributed by atoms with van der Waals surface area (Å²) in [6.07, 6.45) is 9.79. The number of hydrogen-bond acceptors (Lipinski definition) is 3. The molecule has 0 amide bonds. The van der Waals surface area contributed by atoms with Gasteiger partial charge in [0.15, 0.2) is 5.78 Å². The third-order valence-electron chi connectivity index (χ3n) is 10.1. The Labute approximate surface area is 234 Å². The van der Waals surface area contributed by atoms with Crippen LogP contribution in [-0.4, -0.2) is 17.3 Å². The van der Waals surface area contributed by atoms with Crippen molar-refractivity contribution in [3.8, 4) is 0 Å². The maximum Gasteiger partial charge on any atom is 0.229 e. The van der Waals surface area contributed by atoms with Gasteiger partial charge in [0.25, 0.3) is 0 Å². The molecule has 3 aliphatic rings. The van der Waals surface area contributed by atoms with Gasteiger partial charge in [-0.3, -0.25) is 14.4 Å².